The van der Waals surface area contributed by atoms with E-state index in [2.05, 4.69) is 0 Å². The molecule has 2 aliphatic rings. The summed E-state index contributed by atoms with van der Waals surface area (Å²) in [6, 6.07) is 9.53. The number of anilines is 1. The van der Waals surface area contributed by atoms with Gasteiger partial charge in [-0.2, -0.15) is 0 Å². The molecule has 0 radical (unpaired) electrons. The third-order valence-electron chi connectivity index (χ3n) is 6.66. The van der Waals surface area contributed by atoms with Gasteiger partial charge in [0.2, 0.25) is 5.91 Å². The van der Waals surface area contributed by atoms with E-state index in [1.54, 1.807) is 30.5 Å². The van der Waals surface area contributed by atoms with Gasteiger partial charge < -0.3 is 10.6 Å². The lowest BCUT2D eigenvalue weighted by molar-refractivity contribution is -0.123. The second kappa shape index (κ2) is 10.1. The predicted octanol–water partition coefficient (Wildman–Crippen LogP) is 3.25. The summed E-state index contributed by atoms with van der Waals surface area (Å²) in [5.41, 5.74) is 7.58. The van der Waals surface area contributed by atoms with E-state index < -0.39 is 0 Å². The molecule has 2 aromatic heterocycles. The van der Waals surface area contributed by atoms with Crippen molar-refractivity contribution in [2.75, 3.05) is 18.0 Å². The average molecular weight is 538 g/mol. The Labute approximate surface area is 222 Å². The molecule has 0 spiro atoms. The summed E-state index contributed by atoms with van der Waals surface area (Å²) in [6.07, 6.45) is 4.33. The number of fused-ring (bicyclic) bond motifs is 1. The zero-order valence-electron chi connectivity index (χ0n) is 20.0. The van der Waals surface area contributed by atoms with Crippen molar-refractivity contribution < 1.29 is 14.0 Å². The van der Waals surface area contributed by atoms with E-state index in [1.807, 2.05) is 17.9 Å². The van der Waals surface area contributed by atoms with Gasteiger partial charge in [-0.1, -0.05) is 42.2 Å². The molecule has 2 aliphatic heterocycles. The quantitative estimate of drug-likeness (QED) is 0.394. The Kier molecular flexibility index (Phi) is 6.82. The van der Waals surface area contributed by atoms with Crippen LogP contribution in [0.3, 0.4) is 0 Å². The van der Waals surface area contributed by atoms with E-state index in [4.69, 9.17) is 22.9 Å². The molecule has 2 saturated heterocycles. The highest BCUT2D eigenvalue weighted by Gasteiger charge is 2.33. The first-order valence-electron chi connectivity index (χ1n) is 11.8. The lowest BCUT2D eigenvalue weighted by atomic mass is 9.96. The molecule has 3 aromatic rings. The number of thiocarbonyl (C=S) groups is 1. The normalized spacial score (nSPS) is 17.8. The van der Waals surface area contributed by atoms with E-state index >= 15 is 0 Å². The smallest absolute Gasteiger partial charge is 0.267 e. The number of amides is 2. The fourth-order valence-corrected chi connectivity index (χ4v) is 5.82. The molecule has 5 rings (SSSR count). The monoisotopic (exact) mass is 537 g/mol. The number of nitrogens with two attached hydrogens (primary N) is 1. The van der Waals surface area contributed by atoms with Gasteiger partial charge in [-0.15, -0.1) is 0 Å². The maximum Gasteiger partial charge on any atom is 0.267 e. The number of hydrogen-bond donors (Lipinski definition) is 1. The molecule has 190 valence electrons. The Bertz CT molecular complexity index is 1510. The minimum absolute atomic E-state index is 0.198. The van der Waals surface area contributed by atoms with Crippen LogP contribution in [0.2, 0.25) is 0 Å². The summed E-state index contributed by atoms with van der Waals surface area (Å²) in [4.78, 5) is 47.2. The van der Waals surface area contributed by atoms with Gasteiger partial charge in [0.1, 0.15) is 21.6 Å². The van der Waals surface area contributed by atoms with Gasteiger partial charge in [0.25, 0.3) is 11.5 Å². The number of aryl methyl sites for hydroxylation is 1. The summed E-state index contributed by atoms with van der Waals surface area (Å²) < 4.78 is 15.1. The van der Waals surface area contributed by atoms with Crippen LogP contribution < -0.4 is 16.2 Å². The molecule has 2 fully saturated rings. The second-order valence-corrected chi connectivity index (χ2v) is 10.8. The van der Waals surface area contributed by atoms with Crippen molar-refractivity contribution in [3.05, 3.63) is 80.4 Å². The van der Waals surface area contributed by atoms with Crippen LogP contribution in [-0.4, -0.2) is 43.5 Å². The lowest BCUT2D eigenvalue weighted by Gasteiger charge is -2.32. The highest BCUT2D eigenvalue weighted by Crippen LogP contribution is 2.35. The lowest BCUT2D eigenvalue weighted by Crippen LogP contribution is -2.40. The molecule has 8 nitrogen and oxygen atoms in total. The summed E-state index contributed by atoms with van der Waals surface area (Å²) in [7, 11) is 0. The van der Waals surface area contributed by atoms with Crippen LogP contribution >= 0.6 is 24.0 Å². The Morgan fingerprint density at radius 1 is 1.22 bits per heavy atom. The summed E-state index contributed by atoms with van der Waals surface area (Å²) in [5, 5.41) is 0. The molecule has 0 saturated carbocycles. The minimum atomic E-state index is -0.360. The predicted molar refractivity (Wildman–Crippen MR) is 145 cm³/mol. The molecule has 1 aromatic carbocycles. The van der Waals surface area contributed by atoms with E-state index in [-0.39, 0.29) is 41.2 Å². The van der Waals surface area contributed by atoms with Crippen LogP contribution in [0.1, 0.15) is 29.5 Å². The zero-order chi connectivity index (χ0) is 26.3. The highest BCUT2D eigenvalue weighted by atomic mass is 32.2. The van der Waals surface area contributed by atoms with Gasteiger partial charge in [-0.05, 0) is 55.2 Å². The summed E-state index contributed by atoms with van der Waals surface area (Å²) in [6.45, 7) is 3.10. The number of nitrogens with zero attached hydrogens (tertiary/aromatic N) is 4. The van der Waals surface area contributed by atoms with Crippen molar-refractivity contribution in [1.29, 1.82) is 0 Å². The molecule has 4 heterocycles. The zero-order valence-corrected chi connectivity index (χ0v) is 21.7. The molecule has 2 N–H and O–H groups in total. The van der Waals surface area contributed by atoms with Gasteiger partial charge >= 0.3 is 0 Å². The number of piperidine rings is 1. The largest absolute Gasteiger partial charge is 0.369 e. The third kappa shape index (κ3) is 4.88. The van der Waals surface area contributed by atoms with Gasteiger partial charge in [-0.3, -0.25) is 23.7 Å². The first kappa shape index (κ1) is 25.1. The molecule has 0 aliphatic carbocycles. The van der Waals surface area contributed by atoms with Gasteiger partial charge in [0, 0.05) is 25.2 Å². The van der Waals surface area contributed by atoms with Gasteiger partial charge in [0.05, 0.1) is 17.0 Å². The number of benzene rings is 1. The number of thioether (sulfide) groups is 1. The van der Waals surface area contributed by atoms with Gasteiger partial charge in [0.15, 0.2) is 0 Å². The standard InChI is InChI=1S/C26H24FN5O3S2/c1-15-3-2-10-31-22(15)29-23(30-11-8-17(9-12-30)21(28)33)19(24(31)34)13-20-25(35)32(26(36)37-20)14-16-4-6-18(27)7-5-16/h2-7,10,13,17H,8-9,11-12,14H2,1H3,(H2,28,33)/b20-13-. The molecule has 11 heteroatoms. The van der Waals surface area contributed by atoms with Crippen molar-refractivity contribution in [2.45, 2.75) is 26.3 Å². The molecule has 0 unspecified atom stereocenters. The van der Waals surface area contributed by atoms with Crippen molar-refractivity contribution in [3.63, 3.8) is 0 Å². The van der Waals surface area contributed by atoms with E-state index in [1.165, 1.54) is 21.4 Å². The van der Waals surface area contributed by atoms with E-state index in [0.29, 0.717) is 46.6 Å². The Hall–Kier alpha value is -3.57. The summed E-state index contributed by atoms with van der Waals surface area (Å²) >= 11 is 6.57. The SMILES string of the molecule is Cc1cccn2c(=O)c(/C=C3\SC(=S)N(Cc4ccc(F)cc4)C3=O)c(N3CCC(C(N)=O)CC3)nc12. The first-order valence-corrected chi connectivity index (χ1v) is 13.0. The number of aromatic nitrogens is 2. The van der Waals surface area contributed by atoms with Crippen LogP contribution in [0.15, 0.2) is 52.3 Å². The highest BCUT2D eigenvalue weighted by molar-refractivity contribution is 8.26. The fourth-order valence-electron chi connectivity index (χ4n) is 4.58. The number of halogens is 1. The number of carbonyl (C=O) groups is 2. The van der Waals surface area contributed by atoms with Crippen molar-refractivity contribution in [1.82, 2.24) is 14.3 Å². The molecule has 37 heavy (non-hydrogen) atoms. The number of hydrogen-bond acceptors (Lipinski definition) is 7. The van der Waals surface area contributed by atoms with Crippen LogP contribution in [-0.2, 0) is 16.1 Å². The molecule has 2 amide bonds. The first-order chi connectivity index (χ1) is 17.7. The number of rotatable bonds is 5. The van der Waals surface area contributed by atoms with Crippen molar-refractivity contribution in [3.8, 4) is 0 Å². The molecule has 0 bridgehead atoms. The number of carbonyl (C=O) groups excluding carboxylic acids is 2. The third-order valence-corrected chi connectivity index (χ3v) is 8.04. The van der Waals surface area contributed by atoms with E-state index in [0.717, 1.165) is 22.9 Å². The summed E-state index contributed by atoms with van der Waals surface area (Å²) in [5.74, 6) is -0.767. The fraction of sp³-hybridized carbons (Fsp3) is 0.269. The Morgan fingerprint density at radius 2 is 1.92 bits per heavy atom. The van der Waals surface area contributed by atoms with Crippen LogP contribution in [0, 0.1) is 18.7 Å². The Morgan fingerprint density at radius 3 is 2.59 bits per heavy atom. The topological polar surface area (TPSA) is 101 Å². The van der Waals surface area contributed by atoms with E-state index in [9.17, 15) is 18.8 Å². The van der Waals surface area contributed by atoms with Crippen LogP contribution in [0.25, 0.3) is 11.7 Å². The molecular weight excluding hydrogens is 513 g/mol. The second-order valence-electron chi connectivity index (χ2n) is 9.10. The minimum Gasteiger partial charge on any atom is -0.369 e. The average Bonchev–Trinajstić information content (AvgIpc) is 3.14. The van der Waals surface area contributed by atoms with Crippen LogP contribution in [0.4, 0.5) is 10.2 Å². The number of pyridine rings is 1. The molecule has 0 atom stereocenters. The van der Waals surface area contributed by atoms with Crippen molar-refractivity contribution in [2.24, 2.45) is 11.7 Å². The maximum atomic E-state index is 13.7. The van der Waals surface area contributed by atoms with Gasteiger partial charge in [-0.25, -0.2) is 9.37 Å². The maximum absolute atomic E-state index is 13.7. The molecular formula is C26H24FN5O3S2. The number of primary amides is 1. The Balaban J connectivity index is 1.54. The van der Waals surface area contributed by atoms with Crippen molar-refractivity contribution >= 4 is 57.7 Å². The van der Waals surface area contributed by atoms with Crippen LogP contribution in [0.5, 0.6) is 0 Å².